The lowest BCUT2D eigenvalue weighted by molar-refractivity contribution is -0.113. The van der Waals surface area contributed by atoms with Crippen molar-refractivity contribution < 1.29 is 4.79 Å². The summed E-state index contributed by atoms with van der Waals surface area (Å²) in [5.74, 6) is 1.13. The molecule has 156 valence electrons. The number of aryl methyl sites for hydroxylation is 1. The average molecular weight is 439 g/mol. The number of carbonyl (C=O) groups is 1. The van der Waals surface area contributed by atoms with Crippen LogP contribution in [0.5, 0.6) is 0 Å². The summed E-state index contributed by atoms with van der Waals surface area (Å²) in [6.07, 6.45) is 5.15. The van der Waals surface area contributed by atoms with Crippen molar-refractivity contribution in [2.24, 2.45) is 0 Å². The van der Waals surface area contributed by atoms with Gasteiger partial charge in [-0.2, -0.15) is 0 Å². The molecular weight excluding hydrogens is 412 g/mol. The van der Waals surface area contributed by atoms with Gasteiger partial charge in [0.25, 0.3) is 0 Å². The van der Waals surface area contributed by atoms with Gasteiger partial charge in [-0.3, -0.25) is 4.79 Å². The SMILES string of the molecule is Cc1nnc(SCC(=O)Nc2ccccc2SC2CCCC2)n1Cc1ccccc1. The summed E-state index contributed by atoms with van der Waals surface area (Å²) >= 11 is 3.32. The lowest BCUT2D eigenvalue weighted by Gasteiger charge is -2.14. The normalized spacial score (nSPS) is 14.2. The van der Waals surface area contributed by atoms with Crippen LogP contribution < -0.4 is 5.32 Å². The summed E-state index contributed by atoms with van der Waals surface area (Å²) in [5.41, 5.74) is 2.09. The van der Waals surface area contributed by atoms with Crippen LogP contribution in [0.15, 0.2) is 64.6 Å². The van der Waals surface area contributed by atoms with Crippen LogP contribution in [0.3, 0.4) is 0 Å². The van der Waals surface area contributed by atoms with E-state index < -0.39 is 0 Å². The molecular formula is C23H26N4OS2. The summed E-state index contributed by atoms with van der Waals surface area (Å²) in [6, 6.07) is 18.3. The van der Waals surface area contributed by atoms with Crippen molar-refractivity contribution in [3.63, 3.8) is 0 Å². The number of nitrogens with one attached hydrogen (secondary N) is 1. The number of carbonyl (C=O) groups excluding carboxylic acids is 1. The molecule has 0 saturated heterocycles. The Labute approximate surface area is 186 Å². The van der Waals surface area contributed by atoms with Gasteiger partial charge in [0.2, 0.25) is 5.91 Å². The minimum Gasteiger partial charge on any atom is -0.324 e. The number of thioether (sulfide) groups is 2. The first kappa shape index (κ1) is 21.0. The molecule has 0 unspecified atom stereocenters. The molecule has 0 spiro atoms. The Morgan fingerprint density at radius 2 is 1.80 bits per heavy atom. The summed E-state index contributed by atoms with van der Waals surface area (Å²) in [7, 11) is 0. The molecule has 0 atom stereocenters. The minimum atomic E-state index is -0.0219. The average Bonchev–Trinajstić information content (AvgIpc) is 3.39. The summed E-state index contributed by atoms with van der Waals surface area (Å²) in [6.45, 7) is 2.64. The smallest absolute Gasteiger partial charge is 0.234 e. The van der Waals surface area contributed by atoms with Crippen molar-refractivity contribution >= 4 is 35.1 Å². The molecule has 4 rings (SSSR count). The number of benzene rings is 2. The quantitative estimate of drug-likeness (QED) is 0.477. The standard InChI is InChI=1S/C23H26N4OS2/c1-17-25-26-23(27(17)15-18-9-3-2-4-10-18)29-16-22(28)24-20-13-7-8-14-21(20)30-19-11-5-6-12-19/h2-4,7-10,13-14,19H,5-6,11-12,15-16H2,1H3,(H,24,28). The van der Waals surface area contributed by atoms with Gasteiger partial charge < -0.3 is 9.88 Å². The molecule has 1 aliphatic carbocycles. The topological polar surface area (TPSA) is 59.8 Å². The number of nitrogens with zero attached hydrogens (tertiary/aromatic N) is 3. The molecule has 3 aromatic rings. The molecule has 0 radical (unpaired) electrons. The van der Waals surface area contributed by atoms with Gasteiger partial charge >= 0.3 is 0 Å². The van der Waals surface area contributed by atoms with E-state index in [0.717, 1.165) is 21.6 Å². The molecule has 30 heavy (non-hydrogen) atoms. The Bertz CT molecular complexity index is 984. The number of hydrogen-bond acceptors (Lipinski definition) is 5. The van der Waals surface area contributed by atoms with Crippen molar-refractivity contribution in [1.29, 1.82) is 0 Å². The highest BCUT2D eigenvalue weighted by Crippen LogP contribution is 2.38. The van der Waals surface area contributed by atoms with E-state index >= 15 is 0 Å². The Hall–Kier alpha value is -2.25. The highest BCUT2D eigenvalue weighted by Gasteiger charge is 2.18. The van der Waals surface area contributed by atoms with Gasteiger partial charge in [-0.25, -0.2) is 0 Å². The molecule has 0 aliphatic heterocycles. The number of rotatable bonds is 8. The number of para-hydroxylation sites is 1. The Balaban J connectivity index is 1.37. The first-order chi connectivity index (χ1) is 14.7. The maximum atomic E-state index is 12.7. The third kappa shape index (κ3) is 5.46. The highest BCUT2D eigenvalue weighted by atomic mass is 32.2. The van der Waals surface area contributed by atoms with E-state index in [1.165, 1.54) is 43.0 Å². The fraction of sp³-hybridized carbons (Fsp3) is 0.348. The van der Waals surface area contributed by atoms with Crippen molar-refractivity contribution in [2.75, 3.05) is 11.1 Å². The second-order valence-electron chi connectivity index (χ2n) is 7.46. The zero-order valence-electron chi connectivity index (χ0n) is 17.1. The van der Waals surface area contributed by atoms with Gasteiger partial charge in [0, 0.05) is 10.1 Å². The van der Waals surface area contributed by atoms with E-state index in [2.05, 4.69) is 38.3 Å². The van der Waals surface area contributed by atoms with Gasteiger partial charge in [-0.1, -0.05) is 67.1 Å². The first-order valence-corrected chi connectivity index (χ1v) is 12.2. The van der Waals surface area contributed by atoms with E-state index in [1.54, 1.807) is 0 Å². The molecule has 1 heterocycles. The Morgan fingerprint density at radius 1 is 1.07 bits per heavy atom. The number of hydrogen-bond donors (Lipinski definition) is 1. The third-order valence-corrected chi connectivity index (χ3v) is 7.56. The van der Waals surface area contributed by atoms with Gasteiger partial charge in [0.15, 0.2) is 5.16 Å². The van der Waals surface area contributed by atoms with Gasteiger partial charge in [0.1, 0.15) is 5.82 Å². The van der Waals surface area contributed by atoms with E-state index in [9.17, 15) is 4.79 Å². The molecule has 1 saturated carbocycles. The fourth-order valence-electron chi connectivity index (χ4n) is 3.59. The Morgan fingerprint density at radius 3 is 2.60 bits per heavy atom. The van der Waals surface area contributed by atoms with Crippen LogP contribution in [-0.2, 0) is 11.3 Å². The van der Waals surface area contributed by atoms with Gasteiger partial charge in [-0.15, -0.1) is 22.0 Å². The van der Waals surface area contributed by atoms with Crippen LogP contribution in [0.2, 0.25) is 0 Å². The first-order valence-electron chi connectivity index (χ1n) is 10.3. The molecule has 7 heteroatoms. The number of amides is 1. The summed E-state index contributed by atoms with van der Waals surface area (Å²) < 4.78 is 2.05. The lowest BCUT2D eigenvalue weighted by Crippen LogP contribution is -2.15. The second kappa shape index (κ2) is 10.2. The van der Waals surface area contributed by atoms with Crippen LogP contribution in [0.25, 0.3) is 0 Å². The monoisotopic (exact) mass is 438 g/mol. The maximum Gasteiger partial charge on any atom is 0.234 e. The fourth-order valence-corrected chi connectivity index (χ4v) is 5.71. The molecule has 0 bridgehead atoms. The molecule has 1 aromatic heterocycles. The maximum absolute atomic E-state index is 12.7. The van der Waals surface area contributed by atoms with Crippen molar-refractivity contribution in [2.45, 2.75) is 54.5 Å². The molecule has 1 N–H and O–H groups in total. The zero-order valence-corrected chi connectivity index (χ0v) is 18.7. The van der Waals surface area contributed by atoms with Crippen LogP contribution in [0.4, 0.5) is 5.69 Å². The molecule has 2 aromatic carbocycles. The number of aromatic nitrogens is 3. The van der Waals surface area contributed by atoms with Crippen LogP contribution >= 0.6 is 23.5 Å². The Kier molecular flexibility index (Phi) is 7.12. The van der Waals surface area contributed by atoms with E-state index in [4.69, 9.17) is 0 Å². The third-order valence-electron chi connectivity index (χ3n) is 5.17. The van der Waals surface area contributed by atoms with E-state index in [1.807, 2.05) is 55.1 Å². The summed E-state index contributed by atoms with van der Waals surface area (Å²) in [5, 5.41) is 13.0. The molecule has 1 aliphatic rings. The largest absolute Gasteiger partial charge is 0.324 e. The predicted molar refractivity (Wildman–Crippen MR) is 124 cm³/mol. The van der Waals surface area contributed by atoms with E-state index in [-0.39, 0.29) is 5.91 Å². The molecule has 1 amide bonds. The van der Waals surface area contributed by atoms with Crippen LogP contribution in [-0.4, -0.2) is 31.7 Å². The van der Waals surface area contributed by atoms with Crippen LogP contribution in [0.1, 0.15) is 37.1 Å². The second-order valence-corrected chi connectivity index (χ2v) is 9.74. The lowest BCUT2D eigenvalue weighted by atomic mass is 10.2. The van der Waals surface area contributed by atoms with Crippen LogP contribution in [0, 0.1) is 6.92 Å². The van der Waals surface area contributed by atoms with Gasteiger partial charge in [0.05, 0.1) is 18.0 Å². The summed E-state index contributed by atoms with van der Waals surface area (Å²) in [4.78, 5) is 13.8. The van der Waals surface area contributed by atoms with Gasteiger partial charge in [-0.05, 0) is 37.5 Å². The van der Waals surface area contributed by atoms with Crippen molar-refractivity contribution in [1.82, 2.24) is 14.8 Å². The molecule has 1 fully saturated rings. The van der Waals surface area contributed by atoms with E-state index in [0.29, 0.717) is 17.5 Å². The molecule has 5 nitrogen and oxygen atoms in total. The van der Waals surface area contributed by atoms with Crippen molar-refractivity contribution in [3.8, 4) is 0 Å². The number of anilines is 1. The minimum absolute atomic E-state index is 0.0219. The van der Waals surface area contributed by atoms with Crippen molar-refractivity contribution in [3.05, 3.63) is 66.0 Å². The zero-order chi connectivity index (χ0) is 20.8. The highest BCUT2D eigenvalue weighted by molar-refractivity contribution is 8.00. The predicted octanol–water partition coefficient (Wildman–Crippen LogP) is 5.40.